The number of H-pyrrole nitrogens is 1. The molecule has 0 aliphatic heterocycles. The van der Waals surface area contributed by atoms with E-state index < -0.39 is 17.2 Å². The van der Waals surface area contributed by atoms with Gasteiger partial charge in [0.05, 0.1) is 17.4 Å². The summed E-state index contributed by atoms with van der Waals surface area (Å²) in [5.41, 5.74) is 0.137. The van der Waals surface area contributed by atoms with Gasteiger partial charge in [-0.25, -0.2) is 9.78 Å². The number of para-hydroxylation sites is 1. The van der Waals surface area contributed by atoms with Gasteiger partial charge in [0, 0.05) is 6.54 Å². The number of hydrogen-bond acceptors (Lipinski definition) is 6. The molecular formula is C15H13F3N6O2S. The van der Waals surface area contributed by atoms with Crippen LogP contribution in [0.15, 0.2) is 29.1 Å². The Bertz CT molecular complexity index is 1030. The first-order valence-corrected chi connectivity index (χ1v) is 8.54. The van der Waals surface area contributed by atoms with Crippen molar-refractivity contribution >= 4 is 33.4 Å². The molecule has 2 heterocycles. The normalized spacial score (nSPS) is 11.6. The molecule has 0 saturated carbocycles. The fourth-order valence-corrected chi connectivity index (χ4v) is 2.88. The molecule has 142 valence electrons. The summed E-state index contributed by atoms with van der Waals surface area (Å²) in [6.45, 7) is 1.88. The first-order valence-electron chi connectivity index (χ1n) is 7.72. The molecule has 0 spiro atoms. The van der Waals surface area contributed by atoms with Crippen LogP contribution in [0.1, 0.15) is 17.8 Å². The minimum Gasteiger partial charge on any atom is -0.317 e. The highest BCUT2D eigenvalue weighted by Gasteiger charge is 2.36. The zero-order valence-electron chi connectivity index (χ0n) is 13.9. The van der Waals surface area contributed by atoms with Crippen LogP contribution in [-0.4, -0.2) is 37.6 Å². The maximum Gasteiger partial charge on any atom is 0.445 e. The van der Waals surface area contributed by atoms with Gasteiger partial charge in [0.1, 0.15) is 5.82 Å². The number of aromatic amines is 1. The second-order valence-electron chi connectivity index (χ2n) is 5.38. The molecule has 1 aromatic carbocycles. The third-order valence-electron chi connectivity index (χ3n) is 3.55. The quantitative estimate of drug-likeness (QED) is 0.703. The molecule has 0 aliphatic rings. The van der Waals surface area contributed by atoms with Gasteiger partial charge in [-0.2, -0.15) is 13.2 Å². The number of fused-ring (bicyclic) bond motifs is 1. The van der Waals surface area contributed by atoms with Crippen LogP contribution in [0.25, 0.3) is 10.9 Å². The highest BCUT2D eigenvalue weighted by molar-refractivity contribution is 7.15. The zero-order valence-corrected chi connectivity index (χ0v) is 14.7. The Morgan fingerprint density at radius 1 is 1.30 bits per heavy atom. The summed E-state index contributed by atoms with van der Waals surface area (Å²) >= 11 is 0.227. The molecule has 2 aromatic heterocycles. The van der Waals surface area contributed by atoms with Crippen molar-refractivity contribution in [1.82, 2.24) is 25.1 Å². The van der Waals surface area contributed by atoms with E-state index in [4.69, 9.17) is 0 Å². The van der Waals surface area contributed by atoms with Crippen molar-refractivity contribution in [3.05, 3.63) is 45.5 Å². The SMILES string of the molecule is CCN(Cc1nc2ccccc2c(=O)[nH]1)C(=O)Nc1nnc(C(F)(F)F)s1. The van der Waals surface area contributed by atoms with E-state index >= 15 is 0 Å². The highest BCUT2D eigenvalue weighted by Crippen LogP contribution is 2.33. The zero-order chi connectivity index (χ0) is 19.6. The first-order chi connectivity index (χ1) is 12.8. The average Bonchev–Trinajstić information content (AvgIpc) is 3.08. The van der Waals surface area contributed by atoms with E-state index in [0.29, 0.717) is 10.9 Å². The van der Waals surface area contributed by atoms with Crippen LogP contribution in [0.4, 0.5) is 23.1 Å². The molecular weight excluding hydrogens is 385 g/mol. The fourth-order valence-electron chi connectivity index (χ4n) is 2.28. The lowest BCUT2D eigenvalue weighted by Gasteiger charge is -2.20. The van der Waals surface area contributed by atoms with E-state index in [1.54, 1.807) is 31.2 Å². The molecule has 0 radical (unpaired) electrons. The average molecular weight is 398 g/mol. The number of aromatic nitrogens is 4. The number of urea groups is 1. The second-order valence-corrected chi connectivity index (χ2v) is 6.36. The first kappa shape index (κ1) is 18.8. The number of amides is 2. The number of anilines is 1. The number of halogens is 3. The second kappa shape index (κ2) is 7.31. The molecule has 0 atom stereocenters. The minimum atomic E-state index is -4.63. The number of rotatable bonds is 4. The van der Waals surface area contributed by atoms with Gasteiger partial charge in [0.2, 0.25) is 10.1 Å². The summed E-state index contributed by atoms with van der Waals surface area (Å²) in [5, 5.41) is 7.59. The Balaban J connectivity index is 1.76. The number of hydrogen-bond donors (Lipinski definition) is 2. The van der Waals surface area contributed by atoms with Crippen LogP contribution >= 0.6 is 11.3 Å². The number of carbonyl (C=O) groups excluding carboxylic acids is 1. The van der Waals surface area contributed by atoms with Gasteiger partial charge >= 0.3 is 12.2 Å². The van der Waals surface area contributed by atoms with Crippen LogP contribution < -0.4 is 10.9 Å². The van der Waals surface area contributed by atoms with Crippen molar-refractivity contribution in [2.75, 3.05) is 11.9 Å². The lowest BCUT2D eigenvalue weighted by atomic mass is 10.2. The topological polar surface area (TPSA) is 104 Å². The molecule has 2 amide bonds. The summed E-state index contributed by atoms with van der Waals surface area (Å²) in [6.07, 6.45) is -4.63. The Hall–Kier alpha value is -3.02. The summed E-state index contributed by atoms with van der Waals surface area (Å²) in [5.74, 6) is 0.254. The number of benzene rings is 1. The van der Waals surface area contributed by atoms with E-state index in [0.717, 1.165) is 0 Å². The maximum atomic E-state index is 12.6. The highest BCUT2D eigenvalue weighted by atomic mass is 32.1. The van der Waals surface area contributed by atoms with Gasteiger partial charge < -0.3 is 9.88 Å². The molecule has 8 nitrogen and oxygen atoms in total. The molecule has 0 saturated heterocycles. The van der Waals surface area contributed by atoms with Crippen molar-refractivity contribution in [1.29, 1.82) is 0 Å². The van der Waals surface area contributed by atoms with E-state index in [-0.39, 0.29) is 40.9 Å². The van der Waals surface area contributed by atoms with Crippen molar-refractivity contribution in [3.8, 4) is 0 Å². The number of nitrogens with one attached hydrogen (secondary N) is 2. The minimum absolute atomic E-state index is 0.0344. The lowest BCUT2D eigenvalue weighted by Crippen LogP contribution is -2.35. The Morgan fingerprint density at radius 3 is 2.70 bits per heavy atom. The van der Waals surface area contributed by atoms with Crippen molar-refractivity contribution in [2.45, 2.75) is 19.6 Å². The summed E-state index contributed by atoms with van der Waals surface area (Å²) in [6, 6.07) is 6.06. The fraction of sp³-hybridized carbons (Fsp3) is 0.267. The maximum absolute atomic E-state index is 12.6. The van der Waals surface area contributed by atoms with Gasteiger partial charge in [-0.05, 0) is 19.1 Å². The predicted molar refractivity (Wildman–Crippen MR) is 92.4 cm³/mol. The van der Waals surface area contributed by atoms with E-state index in [1.807, 2.05) is 0 Å². The molecule has 0 fully saturated rings. The number of alkyl halides is 3. The summed E-state index contributed by atoms with van der Waals surface area (Å²) in [7, 11) is 0. The summed E-state index contributed by atoms with van der Waals surface area (Å²) < 4.78 is 37.7. The van der Waals surface area contributed by atoms with Crippen LogP contribution in [0.2, 0.25) is 0 Å². The number of carbonyl (C=O) groups is 1. The van der Waals surface area contributed by atoms with Gasteiger partial charge in [-0.1, -0.05) is 23.5 Å². The third-order valence-corrected chi connectivity index (χ3v) is 4.44. The van der Waals surface area contributed by atoms with Crippen LogP contribution in [-0.2, 0) is 12.7 Å². The van der Waals surface area contributed by atoms with E-state index in [2.05, 4.69) is 25.5 Å². The van der Waals surface area contributed by atoms with Gasteiger partial charge in [0.15, 0.2) is 0 Å². The molecule has 2 N–H and O–H groups in total. The smallest absolute Gasteiger partial charge is 0.317 e. The van der Waals surface area contributed by atoms with Crippen molar-refractivity contribution in [2.24, 2.45) is 0 Å². The van der Waals surface area contributed by atoms with E-state index in [1.165, 1.54) is 4.90 Å². The lowest BCUT2D eigenvalue weighted by molar-refractivity contribution is -0.138. The van der Waals surface area contributed by atoms with Gasteiger partial charge in [-0.15, -0.1) is 10.2 Å². The Kier molecular flexibility index (Phi) is 5.08. The largest absolute Gasteiger partial charge is 0.445 e. The van der Waals surface area contributed by atoms with Gasteiger partial charge in [-0.3, -0.25) is 10.1 Å². The van der Waals surface area contributed by atoms with Crippen molar-refractivity contribution < 1.29 is 18.0 Å². The van der Waals surface area contributed by atoms with Crippen LogP contribution in [0.5, 0.6) is 0 Å². The Morgan fingerprint density at radius 2 is 2.04 bits per heavy atom. The van der Waals surface area contributed by atoms with Crippen LogP contribution in [0.3, 0.4) is 0 Å². The molecule has 12 heteroatoms. The molecule has 3 rings (SSSR count). The standard InChI is InChI=1S/C15H13F3N6O2S/c1-2-24(14(26)21-13-23-22-12(27-13)15(16,17)18)7-10-19-9-6-4-3-5-8(9)11(25)20-10/h3-6H,2,7H2,1H3,(H,19,20,25)(H,21,23,26). The Labute approximate surface area is 154 Å². The molecule has 27 heavy (non-hydrogen) atoms. The predicted octanol–water partition coefficient (Wildman–Crippen LogP) is 2.85. The van der Waals surface area contributed by atoms with E-state index in [9.17, 15) is 22.8 Å². The molecule has 0 unspecified atom stereocenters. The number of nitrogens with zero attached hydrogens (tertiary/aromatic N) is 4. The third kappa shape index (κ3) is 4.22. The van der Waals surface area contributed by atoms with Crippen LogP contribution in [0, 0.1) is 0 Å². The summed E-state index contributed by atoms with van der Waals surface area (Å²) in [4.78, 5) is 32.6. The molecule has 0 aliphatic carbocycles. The van der Waals surface area contributed by atoms with Gasteiger partial charge in [0.25, 0.3) is 5.56 Å². The molecule has 3 aromatic rings. The molecule has 0 bridgehead atoms. The monoisotopic (exact) mass is 398 g/mol. The van der Waals surface area contributed by atoms with Crippen molar-refractivity contribution in [3.63, 3.8) is 0 Å².